The monoisotopic (exact) mass is 208 g/mol. The minimum absolute atomic E-state index is 0.176. The number of nitrogens with one attached hydrogen (secondary N) is 1. The summed E-state index contributed by atoms with van der Waals surface area (Å²) in [6.07, 6.45) is 0. The predicted octanol–water partition coefficient (Wildman–Crippen LogP) is 0.729. The summed E-state index contributed by atoms with van der Waals surface area (Å²) in [6.45, 7) is 1.40. The van der Waals surface area contributed by atoms with Gasteiger partial charge in [-0.1, -0.05) is 12.1 Å². The Kier molecular flexibility index (Phi) is 3.41. The van der Waals surface area contributed by atoms with Crippen molar-refractivity contribution in [1.29, 1.82) is 0 Å². The Balaban J connectivity index is 2.80. The molecule has 0 spiro atoms. The molecule has 1 unspecified atom stereocenters. The number of carboxylic acid groups (broad SMARTS) is 1. The van der Waals surface area contributed by atoms with Crippen LogP contribution in [0.4, 0.5) is 5.69 Å². The third-order valence-electron chi connectivity index (χ3n) is 1.86. The molecule has 0 aliphatic carbocycles. The quantitative estimate of drug-likeness (QED) is 0.682. The molecule has 0 radical (unpaired) electrons. The van der Waals surface area contributed by atoms with Crippen LogP contribution in [0.25, 0.3) is 0 Å². The Morgan fingerprint density at radius 2 is 1.87 bits per heavy atom. The molecule has 80 valence electrons. The van der Waals surface area contributed by atoms with Gasteiger partial charge in [0.1, 0.15) is 6.04 Å². The number of hydrogen-bond acceptors (Lipinski definition) is 3. The van der Waals surface area contributed by atoms with Crippen LogP contribution in [0.1, 0.15) is 18.5 Å². The average molecular weight is 208 g/mol. The molecule has 0 aromatic heterocycles. The van der Waals surface area contributed by atoms with Gasteiger partial charge >= 0.3 is 5.97 Å². The second kappa shape index (κ2) is 4.56. The number of benzene rings is 1. The molecule has 1 amide bonds. The van der Waals surface area contributed by atoms with Crippen LogP contribution in [-0.2, 0) is 9.59 Å². The van der Waals surface area contributed by atoms with Crippen LogP contribution in [0.15, 0.2) is 24.3 Å². The van der Waals surface area contributed by atoms with Gasteiger partial charge in [0.2, 0.25) is 5.91 Å². The number of rotatable bonds is 3. The molecule has 1 aromatic rings. The van der Waals surface area contributed by atoms with Crippen molar-refractivity contribution in [1.82, 2.24) is 0 Å². The van der Waals surface area contributed by atoms with Crippen LogP contribution in [0.2, 0.25) is 0 Å². The number of aliphatic carboxylic acids is 1. The van der Waals surface area contributed by atoms with Gasteiger partial charge in [0, 0.05) is 12.6 Å². The molecular weight excluding hydrogens is 196 g/mol. The van der Waals surface area contributed by atoms with E-state index in [-0.39, 0.29) is 5.91 Å². The van der Waals surface area contributed by atoms with E-state index in [0.29, 0.717) is 11.3 Å². The third kappa shape index (κ3) is 3.07. The van der Waals surface area contributed by atoms with Crippen molar-refractivity contribution in [2.45, 2.75) is 13.0 Å². The molecule has 0 bridgehead atoms. The number of hydrogen-bond donors (Lipinski definition) is 3. The van der Waals surface area contributed by atoms with Gasteiger partial charge in [0.15, 0.2) is 0 Å². The normalized spacial score (nSPS) is 11.9. The number of amides is 1. The zero-order valence-electron chi connectivity index (χ0n) is 8.23. The molecule has 0 fully saturated rings. The van der Waals surface area contributed by atoms with E-state index >= 15 is 0 Å². The number of anilines is 1. The molecule has 1 aromatic carbocycles. The third-order valence-corrected chi connectivity index (χ3v) is 1.86. The molecule has 1 rings (SSSR count). The number of nitrogens with two attached hydrogens (primary N) is 1. The first-order valence-electron chi connectivity index (χ1n) is 4.36. The lowest BCUT2D eigenvalue weighted by Gasteiger charge is -2.07. The van der Waals surface area contributed by atoms with E-state index < -0.39 is 12.0 Å². The van der Waals surface area contributed by atoms with Gasteiger partial charge in [0.25, 0.3) is 0 Å². The van der Waals surface area contributed by atoms with Crippen LogP contribution in [0.5, 0.6) is 0 Å². The van der Waals surface area contributed by atoms with E-state index in [4.69, 9.17) is 10.8 Å². The van der Waals surface area contributed by atoms with E-state index in [1.807, 2.05) is 0 Å². The van der Waals surface area contributed by atoms with E-state index in [1.165, 1.54) is 6.92 Å². The lowest BCUT2D eigenvalue weighted by atomic mass is 10.1. The van der Waals surface area contributed by atoms with Crippen molar-refractivity contribution >= 4 is 17.6 Å². The van der Waals surface area contributed by atoms with Crippen LogP contribution >= 0.6 is 0 Å². The maximum Gasteiger partial charge on any atom is 0.325 e. The SMILES string of the molecule is CC(=O)Nc1ccc(C(N)C(=O)O)cc1. The topological polar surface area (TPSA) is 92.4 Å². The molecule has 5 nitrogen and oxygen atoms in total. The first-order valence-corrected chi connectivity index (χ1v) is 4.36. The van der Waals surface area contributed by atoms with Gasteiger partial charge in [0.05, 0.1) is 0 Å². The van der Waals surface area contributed by atoms with E-state index in [0.717, 1.165) is 0 Å². The fourth-order valence-electron chi connectivity index (χ4n) is 1.12. The molecular formula is C10H12N2O3. The summed E-state index contributed by atoms with van der Waals surface area (Å²) in [4.78, 5) is 21.3. The van der Waals surface area contributed by atoms with Crippen molar-refractivity contribution in [2.75, 3.05) is 5.32 Å². The summed E-state index contributed by atoms with van der Waals surface area (Å²) < 4.78 is 0. The summed E-state index contributed by atoms with van der Waals surface area (Å²) in [7, 11) is 0. The highest BCUT2D eigenvalue weighted by atomic mass is 16.4. The summed E-state index contributed by atoms with van der Waals surface area (Å²) in [6, 6.07) is 5.34. The molecule has 0 heterocycles. The first-order chi connectivity index (χ1) is 7.00. The minimum Gasteiger partial charge on any atom is -0.480 e. The van der Waals surface area contributed by atoms with Crippen molar-refractivity contribution in [3.63, 3.8) is 0 Å². The maximum atomic E-state index is 10.7. The van der Waals surface area contributed by atoms with E-state index in [2.05, 4.69) is 5.32 Å². The number of carbonyl (C=O) groups excluding carboxylic acids is 1. The van der Waals surface area contributed by atoms with Gasteiger partial charge in [-0.25, -0.2) is 0 Å². The molecule has 4 N–H and O–H groups in total. The van der Waals surface area contributed by atoms with Crippen LogP contribution in [-0.4, -0.2) is 17.0 Å². The highest BCUT2D eigenvalue weighted by Gasteiger charge is 2.13. The van der Waals surface area contributed by atoms with E-state index in [9.17, 15) is 9.59 Å². The maximum absolute atomic E-state index is 10.7. The van der Waals surface area contributed by atoms with Gasteiger partial charge < -0.3 is 16.2 Å². The molecule has 0 aliphatic heterocycles. The van der Waals surface area contributed by atoms with Crippen molar-refractivity contribution in [2.24, 2.45) is 5.73 Å². The lowest BCUT2D eigenvalue weighted by Crippen LogP contribution is -2.20. The van der Waals surface area contributed by atoms with Gasteiger partial charge in [-0.3, -0.25) is 9.59 Å². The average Bonchev–Trinajstić information content (AvgIpc) is 2.17. The molecule has 0 aliphatic rings. The Morgan fingerprint density at radius 1 is 1.33 bits per heavy atom. The summed E-state index contributed by atoms with van der Waals surface area (Å²) >= 11 is 0. The van der Waals surface area contributed by atoms with Crippen LogP contribution < -0.4 is 11.1 Å². The highest BCUT2D eigenvalue weighted by Crippen LogP contribution is 2.14. The molecule has 5 heteroatoms. The first kappa shape index (κ1) is 11.2. The molecule has 1 atom stereocenters. The van der Waals surface area contributed by atoms with Crippen molar-refractivity contribution in [3.05, 3.63) is 29.8 Å². The Labute approximate surface area is 86.9 Å². The Morgan fingerprint density at radius 3 is 2.27 bits per heavy atom. The molecule has 0 saturated carbocycles. The second-order valence-electron chi connectivity index (χ2n) is 3.12. The predicted molar refractivity (Wildman–Crippen MR) is 55.3 cm³/mol. The van der Waals surface area contributed by atoms with Crippen LogP contribution in [0, 0.1) is 0 Å². The lowest BCUT2D eigenvalue weighted by molar-refractivity contribution is -0.138. The summed E-state index contributed by atoms with van der Waals surface area (Å²) in [5, 5.41) is 11.2. The fraction of sp³-hybridized carbons (Fsp3) is 0.200. The number of carbonyl (C=O) groups is 2. The van der Waals surface area contributed by atoms with Crippen molar-refractivity contribution < 1.29 is 14.7 Å². The van der Waals surface area contributed by atoms with Crippen molar-refractivity contribution in [3.8, 4) is 0 Å². The van der Waals surface area contributed by atoms with E-state index in [1.54, 1.807) is 24.3 Å². The smallest absolute Gasteiger partial charge is 0.325 e. The van der Waals surface area contributed by atoms with Gasteiger partial charge in [-0.2, -0.15) is 0 Å². The Bertz CT molecular complexity index is 373. The molecule has 0 saturated heterocycles. The zero-order chi connectivity index (χ0) is 11.4. The second-order valence-corrected chi connectivity index (χ2v) is 3.12. The zero-order valence-corrected chi connectivity index (χ0v) is 8.23. The van der Waals surface area contributed by atoms with Gasteiger partial charge in [-0.15, -0.1) is 0 Å². The standard InChI is InChI=1S/C10H12N2O3/c1-6(13)12-8-4-2-7(3-5-8)9(11)10(14)15/h2-5,9H,11H2,1H3,(H,12,13)(H,14,15). The number of carboxylic acids is 1. The highest BCUT2D eigenvalue weighted by molar-refractivity contribution is 5.88. The molecule has 15 heavy (non-hydrogen) atoms. The van der Waals surface area contributed by atoms with Crippen LogP contribution in [0.3, 0.4) is 0 Å². The minimum atomic E-state index is -1.08. The van der Waals surface area contributed by atoms with Gasteiger partial charge in [-0.05, 0) is 17.7 Å². The summed E-state index contributed by atoms with van der Waals surface area (Å²) in [5.41, 5.74) is 6.51. The Hall–Kier alpha value is -1.88. The largest absolute Gasteiger partial charge is 0.480 e. The fourth-order valence-corrected chi connectivity index (χ4v) is 1.12. The summed E-state index contributed by atoms with van der Waals surface area (Å²) in [5.74, 6) is -1.26.